The molecule has 0 fully saturated rings. The number of rotatable bonds is 3. The van der Waals surface area contributed by atoms with Gasteiger partial charge in [-0.25, -0.2) is 9.49 Å². The van der Waals surface area contributed by atoms with E-state index in [1.54, 1.807) is 18.2 Å². The van der Waals surface area contributed by atoms with Crippen molar-refractivity contribution in [2.45, 2.75) is 6.42 Å². The van der Waals surface area contributed by atoms with Gasteiger partial charge in [-0.05, 0) is 28.9 Å². The fourth-order valence-electron chi connectivity index (χ4n) is 2.43. The molecule has 0 unspecified atom stereocenters. The maximum atomic E-state index is 13.4. The molecule has 6 nitrogen and oxygen atoms in total. The zero-order valence-corrected chi connectivity index (χ0v) is 11.7. The second-order valence-electron chi connectivity index (χ2n) is 4.89. The lowest BCUT2D eigenvalue weighted by molar-refractivity contribution is 0.623. The lowest BCUT2D eigenvalue weighted by Crippen LogP contribution is -2.11. The van der Waals surface area contributed by atoms with Gasteiger partial charge in [0.2, 0.25) is 0 Å². The highest BCUT2D eigenvalue weighted by Crippen LogP contribution is 2.25. The number of aromatic amines is 1. The van der Waals surface area contributed by atoms with Crippen LogP contribution < -0.4 is 5.56 Å². The minimum atomic E-state index is -0.594. The first-order valence-corrected chi connectivity index (χ1v) is 6.66. The number of nitrogens with zero attached hydrogens (tertiary/aromatic N) is 3. The van der Waals surface area contributed by atoms with Crippen LogP contribution in [0, 0.1) is 22.1 Å². The molecule has 0 spiro atoms. The lowest BCUT2D eigenvalue weighted by atomic mass is 10.0. The number of benzene rings is 2. The number of H-pyrrole nitrogens is 1. The third kappa shape index (κ3) is 2.58. The Hall–Kier alpha value is -3.40. The molecule has 3 rings (SSSR count). The number of nitriles is 1. The van der Waals surface area contributed by atoms with E-state index in [0.29, 0.717) is 16.6 Å². The van der Waals surface area contributed by atoms with Crippen molar-refractivity contribution in [3.63, 3.8) is 0 Å². The van der Waals surface area contributed by atoms with Crippen LogP contribution in [-0.2, 0) is 6.42 Å². The Morgan fingerprint density at radius 1 is 1.30 bits per heavy atom. The molecule has 1 aromatic heterocycles. The van der Waals surface area contributed by atoms with Crippen molar-refractivity contribution in [2.75, 3.05) is 0 Å². The van der Waals surface area contributed by atoms with E-state index < -0.39 is 11.4 Å². The Balaban J connectivity index is 2.15. The van der Waals surface area contributed by atoms with Crippen LogP contribution in [0.5, 0.6) is 0 Å². The first kappa shape index (κ1) is 14.5. The number of hydrogen-bond donors (Lipinski definition) is 1. The molecule has 0 saturated heterocycles. The van der Waals surface area contributed by atoms with Gasteiger partial charge in [0.05, 0.1) is 16.6 Å². The van der Waals surface area contributed by atoms with Crippen LogP contribution in [0.1, 0.15) is 16.8 Å². The number of halogens is 1. The summed E-state index contributed by atoms with van der Waals surface area (Å²) in [7, 11) is 0. The van der Waals surface area contributed by atoms with E-state index in [-0.39, 0.29) is 23.1 Å². The highest BCUT2D eigenvalue weighted by atomic mass is 19.1. The van der Waals surface area contributed by atoms with E-state index in [1.165, 1.54) is 24.3 Å². The number of nitrogens with one attached hydrogen (secondary N) is 1. The molecular weight excluding hydrogens is 299 g/mol. The van der Waals surface area contributed by atoms with Crippen molar-refractivity contribution >= 4 is 16.5 Å². The van der Waals surface area contributed by atoms with Crippen molar-refractivity contribution < 1.29 is 4.39 Å². The summed E-state index contributed by atoms with van der Waals surface area (Å²) in [5.41, 5.74) is 0.625. The molecule has 0 aliphatic carbocycles. The maximum absolute atomic E-state index is 13.4. The van der Waals surface area contributed by atoms with Crippen molar-refractivity contribution in [3.8, 4) is 6.07 Å². The molecule has 0 bridgehead atoms. The van der Waals surface area contributed by atoms with Crippen LogP contribution in [0.4, 0.5) is 10.1 Å². The van der Waals surface area contributed by atoms with E-state index in [9.17, 15) is 14.1 Å². The van der Waals surface area contributed by atoms with Gasteiger partial charge in [0.25, 0.3) is 5.56 Å². The van der Waals surface area contributed by atoms with E-state index in [4.69, 9.17) is 5.26 Å². The summed E-state index contributed by atoms with van der Waals surface area (Å²) in [6.45, 7) is 0. The maximum Gasteiger partial charge on any atom is 0.274 e. The van der Waals surface area contributed by atoms with Crippen molar-refractivity contribution in [2.24, 2.45) is 5.18 Å². The third-order valence-electron chi connectivity index (χ3n) is 3.49. The highest BCUT2D eigenvalue weighted by Gasteiger charge is 2.12. The molecule has 112 valence electrons. The van der Waals surface area contributed by atoms with Gasteiger partial charge < -0.3 is 0 Å². The highest BCUT2D eigenvalue weighted by molar-refractivity contribution is 5.93. The molecule has 1 heterocycles. The Morgan fingerprint density at radius 2 is 2.13 bits per heavy atom. The quantitative estimate of drug-likeness (QED) is 0.752. The smallest absolute Gasteiger partial charge is 0.267 e. The minimum Gasteiger partial charge on any atom is -0.267 e. The standard InChI is InChI=1S/C16H9FN4O2/c17-12-5-4-9(6-10(12)8-18)7-14-11-2-1-3-13(21-23)15(11)16(22)20-19-14/h1-6H,7H2,(H,20,22). The number of fused-ring (bicyclic) bond motifs is 1. The summed E-state index contributed by atoms with van der Waals surface area (Å²) in [6.07, 6.45) is 0.268. The predicted octanol–water partition coefficient (Wildman–Crippen LogP) is 2.92. The molecule has 3 aromatic rings. The van der Waals surface area contributed by atoms with E-state index in [0.717, 1.165) is 0 Å². The van der Waals surface area contributed by atoms with Crippen LogP contribution >= 0.6 is 0 Å². The molecule has 0 atom stereocenters. The number of hydrogen-bond acceptors (Lipinski definition) is 5. The topological polar surface area (TPSA) is 99.0 Å². The zero-order chi connectivity index (χ0) is 16.4. The van der Waals surface area contributed by atoms with Crippen LogP contribution in [-0.4, -0.2) is 10.2 Å². The molecule has 2 aromatic carbocycles. The fourth-order valence-corrected chi connectivity index (χ4v) is 2.43. The first-order valence-electron chi connectivity index (χ1n) is 6.66. The van der Waals surface area contributed by atoms with Gasteiger partial charge in [-0.3, -0.25) is 4.79 Å². The van der Waals surface area contributed by atoms with Crippen molar-refractivity contribution in [1.29, 1.82) is 5.26 Å². The summed E-state index contributed by atoms with van der Waals surface area (Å²) in [6, 6.07) is 10.7. The van der Waals surface area contributed by atoms with Gasteiger partial charge in [0.15, 0.2) is 0 Å². The van der Waals surface area contributed by atoms with E-state index in [2.05, 4.69) is 15.4 Å². The number of nitroso groups, excluding NO2 is 1. The summed E-state index contributed by atoms with van der Waals surface area (Å²) in [5, 5.41) is 18.7. The molecule has 7 heteroatoms. The zero-order valence-electron chi connectivity index (χ0n) is 11.7. The SMILES string of the molecule is N#Cc1cc(Cc2n[nH]c(=O)c3c(N=O)cccc23)ccc1F. The Morgan fingerprint density at radius 3 is 2.87 bits per heavy atom. The fraction of sp³-hybridized carbons (Fsp3) is 0.0625. The normalized spacial score (nSPS) is 10.4. The number of aromatic nitrogens is 2. The second kappa shape index (κ2) is 5.77. The molecule has 1 N–H and O–H groups in total. The van der Waals surface area contributed by atoms with E-state index in [1.807, 2.05) is 0 Å². The van der Waals surface area contributed by atoms with Gasteiger partial charge in [-0.1, -0.05) is 18.2 Å². The van der Waals surface area contributed by atoms with E-state index >= 15 is 0 Å². The van der Waals surface area contributed by atoms with Crippen molar-refractivity contribution in [3.05, 3.63) is 74.3 Å². The summed E-state index contributed by atoms with van der Waals surface area (Å²) >= 11 is 0. The van der Waals surface area contributed by atoms with Gasteiger partial charge in [-0.15, -0.1) is 4.91 Å². The largest absolute Gasteiger partial charge is 0.274 e. The minimum absolute atomic E-state index is 0.0317. The van der Waals surface area contributed by atoms with Crippen molar-refractivity contribution in [1.82, 2.24) is 10.2 Å². The average molecular weight is 308 g/mol. The van der Waals surface area contributed by atoms with Crippen LogP contribution in [0.15, 0.2) is 46.4 Å². The Bertz CT molecular complexity index is 1020. The lowest BCUT2D eigenvalue weighted by Gasteiger charge is -2.06. The molecule has 0 aliphatic heterocycles. The van der Waals surface area contributed by atoms with Crippen LogP contribution in [0.3, 0.4) is 0 Å². The second-order valence-corrected chi connectivity index (χ2v) is 4.89. The Labute approximate surface area is 129 Å². The Kier molecular flexibility index (Phi) is 3.65. The van der Waals surface area contributed by atoms with Gasteiger partial charge in [-0.2, -0.15) is 10.4 Å². The van der Waals surface area contributed by atoms with Crippen LogP contribution in [0.2, 0.25) is 0 Å². The molecule has 0 aliphatic rings. The van der Waals surface area contributed by atoms with Crippen LogP contribution in [0.25, 0.3) is 10.8 Å². The summed E-state index contributed by atoms with van der Waals surface area (Å²) < 4.78 is 13.4. The van der Waals surface area contributed by atoms with Gasteiger partial charge >= 0.3 is 0 Å². The summed E-state index contributed by atoms with van der Waals surface area (Å²) in [4.78, 5) is 22.8. The summed E-state index contributed by atoms with van der Waals surface area (Å²) in [5.74, 6) is -0.594. The average Bonchev–Trinajstić information content (AvgIpc) is 2.58. The molecule has 0 saturated carbocycles. The van der Waals surface area contributed by atoms with Gasteiger partial charge in [0, 0.05) is 11.8 Å². The third-order valence-corrected chi connectivity index (χ3v) is 3.49. The molecule has 0 amide bonds. The predicted molar refractivity (Wildman–Crippen MR) is 81.7 cm³/mol. The molecule has 0 radical (unpaired) electrons. The molecular formula is C16H9FN4O2. The first-order chi connectivity index (χ1) is 11.1. The molecule has 23 heavy (non-hydrogen) atoms. The monoisotopic (exact) mass is 308 g/mol. The van der Waals surface area contributed by atoms with Gasteiger partial charge in [0.1, 0.15) is 17.6 Å².